The Morgan fingerprint density at radius 1 is 1.18 bits per heavy atom. The molecule has 0 spiro atoms. The quantitative estimate of drug-likeness (QED) is 0.566. The van der Waals surface area contributed by atoms with E-state index in [4.69, 9.17) is 16.3 Å². The maximum Gasteiger partial charge on any atom is 0.253 e. The van der Waals surface area contributed by atoms with Gasteiger partial charge in [-0.25, -0.2) is 4.39 Å². The third-order valence-corrected chi connectivity index (χ3v) is 4.86. The number of hydrogen-bond acceptors (Lipinski definition) is 2. The largest absolute Gasteiger partial charge is 0.385 e. The van der Waals surface area contributed by atoms with E-state index in [1.807, 2.05) is 35.8 Å². The Labute approximate surface area is 168 Å². The van der Waals surface area contributed by atoms with E-state index < -0.39 is 0 Å². The van der Waals surface area contributed by atoms with E-state index in [-0.39, 0.29) is 11.7 Å². The van der Waals surface area contributed by atoms with Crippen LogP contribution in [-0.2, 0) is 4.74 Å². The number of aromatic nitrogens is 1. The molecule has 6 heteroatoms. The van der Waals surface area contributed by atoms with Gasteiger partial charge in [0.15, 0.2) is 0 Å². The molecule has 0 aliphatic rings. The number of para-hydroxylation sites is 1. The fourth-order valence-electron chi connectivity index (χ4n) is 3.13. The molecular formula is C22H22ClFN2O2. The number of ether oxygens (including phenoxy) is 1. The monoisotopic (exact) mass is 400 g/mol. The second-order valence-electron chi connectivity index (χ2n) is 6.42. The van der Waals surface area contributed by atoms with Gasteiger partial charge in [0.1, 0.15) is 5.82 Å². The van der Waals surface area contributed by atoms with Crippen molar-refractivity contribution in [3.63, 3.8) is 0 Å². The number of carbonyl (C=O) groups excluding carboxylic acids is 1. The molecule has 1 amide bonds. The summed E-state index contributed by atoms with van der Waals surface area (Å²) in [5, 5.41) is 3.48. The fraction of sp³-hybridized carbons (Fsp3) is 0.227. The summed E-state index contributed by atoms with van der Waals surface area (Å²) in [6, 6.07) is 15.4. The molecule has 0 atom stereocenters. The number of benzene rings is 2. The van der Waals surface area contributed by atoms with Gasteiger partial charge in [-0.3, -0.25) is 4.79 Å². The van der Waals surface area contributed by atoms with Gasteiger partial charge >= 0.3 is 0 Å². The van der Waals surface area contributed by atoms with Crippen molar-refractivity contribution in [1.82, 2.24) is 9.88 Å². The van der Waals surface area contributed by atoms with E-state index in [2.05, 4.69) is 5.32 Å². The van der Waals surface area contributed by atoms with Crippen LogP contribution < -0.4 is 5.32 Å². The lowest BCUT2D eigenvalue weighted by molar-refractivity contribution is 0.0948. The van der Waals surface area contributed by atoms with Crippen molar-refractivity contribution in [1.29, 1.82) is 0 Å². The number of methoxy groups -OCH3 is 1. The predicted molar refractivity (Wildman–Crippen MR) is 110 cm³/mol. The molecule has 0 saturated carbocycles. The van der Waals surface area contributed by atoms with Crippen LogP contribution in [0.5, 0.6) is 0 Å². The van der Waals surface area contributed by atoms with Gasteiger partial charge in [-0.1, -0.05) is 23.7 Å². The minimum atomic E-state index is -0.313. The topological polar surface area (TPSA) is 43.3 Å². The Morgan fingerprint density at radius 3 is 2.57 bits per heavy atom. The van der Waals surface area contributed by atoms with Crippen molar-refractivity contribution in [2.75, 3.05) is 20.3 Å². The second-order valence-corrected chi connectivity index (χ2v) is 6.83. The maximum atomic E-state index is 13.4. The van der Waals surface area contributed by atoms with Crippen LogP contribution in [0.3, 0.4) is 0 Å². The summed E-state index contributed by atoms with van der Waals surface area (Å²) >= 11 is 6.43. The molecule has 0 unspecified atom stereocenters. The Bertz CT molecular complexity index is 967. The zero-order valence-electron chi connectivity index (χ0n) is 15.8. The minimum absolute atomic E-state index is 0.164. The molecule has 0 radical (unpaired) electrons. The van der Waals surface area contributed by atoms with Gasteiger partial charge in [-0.05, 0) is 61.4 Å². The summed E-state index contributed by atoms with van der Waals surface area (Å²) in [7, 11) is 1.63. The molecule has 0 fully saturated rings. The molecule has 146 valence electrons. The van der Waals surface area contributed by atoms with E-state index >= 15 is 0 Å². The van der Waals surface area contributed by atoms with Gasteiger partial charge in [0.25, 0.3) is 5.91 Å². The van der Waals surface area contributed by atoms with Crippen LogP contribution in [0, 0.1) is 12.7 Å². The fourth-order valence-corrected chi connectivity index (χ4v) is 3.35. The highest BCUT2D eigenvalue weighted by atomic mass is 35.5. The van der Waals surface area contributed by atoms with Crippen LogP contribution in [0.4, 0.5) is 4.39 Å². The number of halogens is 2. The van der Waals surface area contributed by atoms with Crippen LogP contribution >= 0.6 is 11.6 Å². The summed E-state index contributed by atoms with van der Waals surface area (Å²) in [6.07, 6.45) is 0.733. The van der Waals surface area contributed by atoms with Gasteiger partial charge in [0.05, 0.1) is 22.0 Å². The first kappa shape index (κ1) is 20.1. The smallest absolute Gasteiger partial charge is 0.253 e. The average Bonchev–Trinajstić information content (AvgIpc) is 3.03. The second kappa shape index (κ2) is 9.04. The summed E-state index contributed by atoms with van der Waals surface area (Å²) in [6.45, 7) is 2.98. The molecular weight excluding hydrogens is 379 g/mol. The van der Waals surface area contributed by atoms with Gasteiger partial charge in [0.2, 0.25) is 0 Å². The third kappa shape index (κ3) is 4.26. The number of nitrogens with zero attached hydrogens (tertiary/aromatic N) is 1. The Morgan fingerprint density at radius 2 is 1.89 bits per heavy atom. The van der Waals surface area contributed by atoms with Gasteiger partial charge in [-0.15, -0.1) is 0 Å². The van der Waals surface area contributed by atoms with E-state index in [0.717, 1.165) is 29.1 Å². The molecule has 4 nitrogen and oxygen atoms in total. The normalized spacial score (nSPS) is 10.9. The molecule has 1 N–H and O–H groups in total. The molecule has 2 aromatic carbocycles. The summed E-state index contributed by atoms with van der Waals surface area (Å²) in [4.78, 5) is 12.7. The number of rotatable bonds is 7. The standard InChI is InChI=1S/C22H22ClFN2O2/c1-15-18(22(27)25-12-5-13-28-2)14-21(16-8-10-17(24)11-9-16)26(15)20-7-4-3-6-19(20)23/h3-4,6-11,14H,5,12-13H2,1-2H3,(H,25,27). The van der Waals surface area contributed by atoms with Crippen LogP contribution in [-0.4, -0.2) is 30.7 Å². The molecule has 3 rings (SSSR count). The first-order valence-corrected chi connectivity index (χ1v) is 9.41. The highest BCUT2D eigenvalue weighted by Gasteiger charge is 2.20. The number of amides is 1. The zero-order chi connectivity index (χ0) is 20.1. The Balaban J connectivity index is 2.06. The lowest BCUT2D eigenvalue weighted by atomic mass is 10.1. The van der Waals surface area contributed by atoms with Crippen molar-refractivity contribution in [2.45, 2.75) is 13.3 Å². The lowest BCUT2D eigenvalue weighted by Gasteiger charge is -2.14. The molecule has 1 aromatic heterocycles. The van der Waals surface area contributed by atoms with Gasteiger partial charge < -0.3 is 14.6 Å². The van der Waals surface area contributed by atoms with Crippen molar-refractivity contribution in [3.8, 4) is 16.9 Å². The summed E-state index contributed by atoms with van der Waals surface area (Å²) in [5.74, 6) is -0.477. The van der Waals surface area contributed by atoms with E-state index in [1.165, 1.54) is 12.1 Å². The molecule has 0 aliphatic heterocycles. The summed E-state index contributed by atoms with van der Waals surface area (Å²) in [5.41, 5.74) is 3.64. The van der Waals surface area contributed by atoms with Crippen LogP contribution in [0.1, 0.15) is 22.5 Å². The predicted octanol–water partition coefficient (Wildman–Crippen LogP) is 5.01. The zero-order valence-corrected chi connectivity index (χ0v) is 16.6. The first-order valence-electron chi connectivity index (χ1n) is 9.03. The molecule has 0 aliphatic carbocycles. The van der Waals surface area contributed by atoms with Crippen LogP contribution in [0.25, 0.3) is 16.9 Å². The molecule has 3 aromatic rings. The number of carbonyl (C=O) groups is 1. The van der Waals surface area contributed by atoms with Crippen molar-refractivity contribution < 1.29 is 13.9 Å². The average molecular weight is 401 g/mol. The lowest BCUT2D eigenvalue weighted by Crippen LogP contribution is -2.25. The van der Waals surface area contributed by atoms with Gasteiger partial charge in [-0.2, -0.15) is 0 Å². The van der Waals surface area contributed by atoms with E-state index in [0.29, 0.717) is 23.7 Å². The molecule has 0 saturated heterocycles. The van der Waals surface area contributed by atoms with Crippen LogP contribution in [0.15, 0.2) is 54.6 Å². The Kier molecular flexibility index (Phi) is 6.49. The minimum Gasteiger partial charge on any atom is -0.385 e. The summed E-state index contributed by atoms with van der Waals surface area (Å²) < 4.78 is 20.3. The van der Waals surface area contributed by atoms with Crippen molar-refractivity contribution in [2.24, 2.45) is 0 Å². The molecule has 1 heterocycles. The van der Waals surface area contributed by atoms with Crippen molar-refractivity contribution >= 4 is 17.5 Å². The van der Waals surface area contributed by atoms with Gasteiger partial charge in [0, 0.05) is 26.0 Å². The number of hydrogen-bond donors (Lipinski definition) is 1. The SMILES string of the molecule is COCCCNC(=O)c1cc(-c2ccc(F)cc2)n(-c2ccccc2Cl)c1C. The van der Waals surface area contributed by atoms with Crippen LogP contribution in [0.2, 0.25) is 5.02 Å². The highest BCUT2D eigenvalue weighted by molar-refractivity contribution is 6.32. The van der Waals surface area contributed by atoms with E-state index in [1.54, 1.807) is 25.3 Å². The van der Waals surface area contributed by atoms with E-state index in [9.17, 15) is 9.18 Å². The molecule has 0 bridgehead atoms. The Hall–Kier alpha value is -2.63. The molecule has 28 heavy (non-hydrogen) atoms. The number of nitrogens with one attached hydrogen (secondary N) is 1. The first-order chi connectivity index (χ1) is 13.5. The maximum absolute atomic E-state index is 13.4. The third-order valence-electron chi connectivity index (χ3n) is 4.54. The highest BCUT2D eigenvalue weighted by Crippen LogP contribution is 2.32. The van der Waals surface area contributed by atoms with Crippen molar-refractivity contribution in [3.05, 3.63) is 76.7 Å².